The summed E-state index contributed by atoms with van der Waals surface area (Å²) in [6.45, 7) is 3.56. The summed E-state index contributed by atoms with van der Waals surface area (Å²) in [5.41, 5.74) is 4.39. The third-order valence-electron chi connectivity index (χ3n) is 4.35. The van der Waals surface area contributed by atoms with Gasteiger partial charge >= 0.3 is 0 Å². The van der Waals surface area contributed by atoms with E-state index < -0.39 is 0 Å². The van der Waals surface area contributed by atoms with Crippen LogP contribution in [0.1, 0.15) is 11.1 Å². The zero-order chi connectivity index (χ0) is 20.5. The molecule has 1 N–H and O–H groups in total. The van der Waals surface area contributed by atoms with Gasteiger partial charge in [-0.3, -0.25) is 9.69 Å². The summed E-state index contributed by atoms with van der Waals surface area (Å²) in [5, 5.41) is 4.05. The molecule has 0 unspecified atom stereocenters. The molecule has 154 valence electrons. The number of carbonyl (C=O) groups excluding carboxylic acids is 1. The van der Waals surface area contributed by atoms with Crippen molar-refractivity contribution in [2.45, 2.75) is 6.61 Å². The maximum Gasteiger partial charge on any atom is 0.254 e. The predicted molar refractivity (Wildman–Crippen MR) is 114 cm³/mol. The van der Waals surface area contributed by atoms with Crippen LogP contribution in [0.25, 0.3) is 0 Å². The van der Waals surface area contributed by atoms with E-state index in [9.17, 15) is 4.79 Å². The van der Waals surface area contributed by atoms with Gasteiger partial charge in [0, 0.05) is 13.1 Å². The Kier molecular flexibility index (Phi) is 8.03. The molecule has 1 heterocycles. The van der Waals surface area contributed by atoms with Crippen LogP contribution in [-0.2, 0) is 16.1 Å². The molecule has 2 aromatic carbocycles. The molecule has 0 aromatic heterocycles. The number of carbonyl (C=O) groups is 1. The third kappa shape index (κ3) is 6.56. The smallest absolute Gasteiger partial charge is 0.254 e. The van der Waals surface area contributed by atoms with Crippen molar-refractivity contribution in [2.24, 2.45) is 5.10 Å². The van der Waals surface area contributed by atoms with E-state index in [0.29, 0.717) is 37.9 Å². The van der Waals surface area contributed by atoms with Crippen LogP contribution in [0.15, 0.2) is 52.0 Å². The van der Waals surface area contributed by atoms with E-state index in [1.54, 1.807) is 13.3 Å². The molecule has 1 aliphatic heterocycles. The van der Waals surface area contributed by atoms with E-state index in [2.05, 4.69) is 26.5 Å². The van der Waals surface area contributed by atoms with Gasteiger partial charge in [-0.05, 0) is 39.2 Å². The second-order valence-corrected chi connectivity index (χ2v) is 7.34. The fourth-order valence-electron chi connectivity index (χ4n) is 2.86. The van der Waals surface area contributed by atoms with Gasteiger partial charge in [-0.25, -0.2) is 5.43 Å². The maximum absolute atomic E-state index is 12.0. The minimum atomic E-state index is -0.156. The second kappa shape index (κ2) is 10.9. The van der Waals surface area contributed by atoms with Gasteiger partial charge in [-0.1, -0.05) is 30.3 Å². The molecule has 0 bridgehead atoms. The monoisotopic (exact) mass is 461 g/mol. The van der Waals surface area contributed by atoms with E-state index in [0.717, 1.165) is 28.7 Å². The fraction of sp³-hybridized carbons (Fsp3) is 0.333. The Morgan fingerprint density at radius 1 is 1.28 bits per heavy atom. The molecule has 0 radical (unpaired) electrons. The largest absolute Gasteiger partial charge is 0.493 e. The number of halogens is 1. The molecular formula is C21H24BrN3O4. The van der Waals surface area contributed by atoms with Gasteiger partial charge < -0.3 is 14.2 Å². The number of nitrogens with zero attached hydrogens (tertiary/aromatic N) is 2. The summed E-state index contributed by atoms with van der Waals surface area (Å²) in [4.78, 5) is 14.0. The summed E-state index contributed by atoms with van der Waals surface area (Å²) in [5.74, 6) is 1.04. The normalized spacial score (nSPS) is 14.7. The lowest BCUT2D eigenvalue weighted by atomic mass is 10.2. The zero-order valence-corrected chi connectivity index (χ0v) is 17.9. The second-order valence-electron chi connectivity index (χ2n) is 6.49. The van der Waals surface area contributed by atoms with Gasteiger partial charge in [0.05, 0.1) is 37.6 Å². The molecule has 8 heteroatoms. The molecule has 0 aliphatic carbocycles. The number of methoxy groups -OCH3 is 1. The Hall–Kier alpha value is -2.42. The average Bonchev–Trinajstić information content (AvgIpc) is 2.74. The van der Waals surface area contributed by atoms with E-state index >= 15 is 0 Å². The van der Waals surface area contributed by atoms with Crippen LogP contribution in [0.3, 0.4) is 0 Å². The fourth-order valence-corrected chi connectivity index (χ4v) is 3.43. The number of benzene rings is 2. The number of hydrogen-bond donors (Lipinski definition) is 1. The van der Waals surface area contributed by atoms with E-state index in [4.69, 9.17) is 14.2 Å². The summed E-state index contributed by atoms with van der Waals surface area (Å²) < 4.78 is 17.4. The van der Waals surface area contributed by atoms with Crippen LogP contribution in [0.4, 0.5) is 0 Å². The van der Waals surface area contributed by atoms with Crippen LogP contribution in [0.2, 0.25) is 0 Å². The highest BCUT2D eigenvalue weighted by Gasteiger charge is 2.14. The van der Waals surface area contributed by atoms with Crippen molar-refractivity contribution >= 4 is 28.1 Å². The summed E-state index contributed by atoms with van der Waals surface area (Å²) in [6.07, 6.45) is 1.57. The van der Waals surface area contributed by atoms with E-state index in [1.807, 2.05) is 47.4 Å². The number of nitrogens with one attached hydrogen (secondary N) is 1. The molecule has 1 saturated heterocycles. The van der Waals surface area contributed by atoms with Crippen LogP contribution >= 0.6 is 15.9 Å². The molecule has 29 heavy (non-hydrogen) atoms. The molecule has 7 nitrogen and oxygen atoms in total. The van der Waals surface area contributed by atoms with Gasteiger partial charge in [-0.15, -0.1) is 0 Å². The van der Waals surface area contributed by atoms with Crippen LogP contribution in [0.5, 0.6) is 11.5 Å². The van der Waals surface area contributed by atoms with Gasteiger partial charge in [0.15, 0.2) is 11.5 Å². The first-order valence-electron chi connectivity index (χ1n) is 9.32. The SMILES string of the molecule is COc1cc(/C=N\NC(=O)CN2CCOCC2)cc(Br)c1OCc1ccccc1. The highest BCUT2D eigenvalue weighted by atomic mass is 79.9. The van der Waals surface area contributed by atoms with Crippen molar-refractivity contribution in [3.05, 3.63) is 58.1 Å². The maximum atomic E-state index is 12.0. The molecule has 0 atom stereocenters. The Morgan fingerprint density at radius 2 is 2.03 bits per heavy atom. The van der Waals surface area contributed by atoms with Gasteiger partial charge in [0.2, 0.25) is 0 Å². The molecular weight excluding hydrogens is 438 g/mol. The van der Waals surface area contributed by atoms with E-state index in [-0.39, 0.29) is 5.91 Å². The number of rotatable bonds is 8. The molecule has 3 rings (SSSR count). The first-order chi connectivity index (χ1) is 14.2. The lowest BCUT2D eigenvalue weighted by Crippen LogP contribution is -2.42. The quantitative estimate of drug-likeness (QED) is 0.483. The van der Waals surface area contributed by atoms with Crippen molar-refractivity contribution in [2.75, 3.05) is 40.0 Å². The van der Waals surface area contributed by atoms with Crippen molar-refractivity contribution in [1.29, 1.82) is 0 Å². The number of ether oxygens (including phenoxy) is 3. The summed E-state index contributed by atoms with van der Waals surface area (Å²) >= 11 is 3.53. The summed E-state index contributed by atoms with van der Waals surface area (Å²) in [7, 11) is 1.59. The number of hydrogen-bond acceptors (Lipinski definition) is 6. The Morgan fingerprint density at radius 3 is 2.76 bits per heavy atom. The minimum absolute atomic E-state index is 0.156. The predicted octanol–water partition coefficient (Wildman–Crippen LogP) is 2.82. The van der Waals surface area contributed by atoms with Crippen LogP contribution in [-0.4, -0.2) is 57.0 Å². The van der Waals surface area contributed by atoms with Gasteiger partial charge in [-0.2, -0.15) is 5.10 Å². The highest BCUT2D eigenvalue weighted by Crippen LogP contribution is 2.36. The topological polar surface area (TPSA) is 72.4 Å². The Balaban J connectivity index is 1.58. The first-order valence-corrected chi connectivity index (χ1v) is 10.1. The highest BCUT2D eigenvalue weighted by molar-refractivity contribution is 9.10. The lowest BCUT2D eigenvalue weighted by Gasteiger charge is -2.25. The number of morpholine rings is 1. The van der Waals surface area contributed by atoms with Crippen LogP contribution < -0.4 is 14.9 Å². The first kappa shape index (κ1) is 21.3. The molecule has 0 saturated carbocycles. The molecule has 1 fully saturated rings. The lowest BCUT2D eigenvalue weighted by molar-refractivity contribution is -0.123. The van der Waals surface area contributed by atoms with Gasteiger partial charge in [0.25, 0.3) is 5.91 Å². The van der Waals surface area contributed by atoms with E-state index in [1.165, 1.54) is 0 Å². The van der Waals surface area contributed by atoms with Crippen molar-refractivity contribution in [1.82, 2.24) is 10.3 Å². The Labute approximate surface area is 178 Å². The zero-order valence-electron chi connectivity index (χ0n) is 16.3. The standard InChI is InChI=1S/C21H24BrN3O4/c1-27-19-12-17(13-23-24-20(26)14-25-7-9-28-10-8-25)11-18(22)21(19)29-15-16-5-3-2-4-6-16/h2-6,11-13H,7-10,14-15H2,1H3,(H,24,26)/b23-13-. The van der Waals surface area contributed by atoms with Crippen LogP contribution in [0, 0.1) is 0 Å². The molecule has 0 spiro atoms. The molecule has 2 aromatic rings. The number of hydrazone groups is 1. The van der Waals surface area contributed by atoms with Crippen molar-refractivity contribution in [3.8, 4) is 11.5 Å². The summed E-state index contributed by atoms with van der Waals surface area (Å²) in [6, 6.07) is 13.6. The number of amides is 1. The molecule has 1 amide bonds. The van der Waals surface area contributed by atoms with Gasteiger partial charge in [0.1, 0.15) is 6.61 Å². The molecule has 1 aliphatic rings. The Bertz CT molecular complexity index is 839. The minimum Gasteiger partial charge on any atom is -0.493 e. The van der Waals surface area contributed by atoms with Crippen molar-refractivity contribution in [3.63, 3.8) is 0 Å². The van der Waals surface area contributed by atoms with Crippen molar-refractivity contribution < 1.29 is 19.0 Å². The average molecular weight is 462 g/mol. The third-order valence-corrected chi connectivity index (χ3v) is 4.94.